The first-order valence-electron chi connectivity index (χ1n) is 6.45. The zero-order valence-corrected chi connectivity index (χ0v) is 12.3. The number of amides is 1. The van der Waals surface area contributed by atoms with Gasteiger partial charge < -0.3 is 10.6 Å². The van der Waals surface area contributed by atoms with E-state index in [2.05, 4.69) is 10.6 Å². The van der Waals surface area contributed by atoms with Crippen LogP contribution in [0.25, 0.3) is 0 Å². The minimum atomic E-state index is -0.212. The second-order valence-corrected chi connectivity index (χ2v) is 4.93. The number of rotatable bonds is 5. The van der Waals surface area contributed by atoms with Crippen molar-refractivity contribution in [2.45, 2.75) is 6.92 Å². The highest BCUT2D eigenvalue weighted by Crippen LogP contribution is 2.20. The molecule has 2 rings (SSSR count). The van der Waals surface area contributed by atoms with E-state index in [4.69, 9.17) is 11.6 Å². The standard InChI is InChI=1S/C16H15ClN2O2/c1-11(20)12-5-4-6-13(9-12)19-16(21)10-18-15-8-3-2-7-14(15)17/h2-9,18H,10H2,1H3,(H,19,21). The Labute approximate surface area is 128 Å². The number of hydrogen-bond donors (Lipinski definition) is 2. The molecule has 0 atom stereocenters. The normalized spacial score (nSPS) is 10.0. The summed E-state index contributed by atoms with van der Waals surface area (Å²) < 4.78 is 0. The Balaban J connectivity index is 1.95. The number of ketones is 1. The molecule has 2 N–H and O–H groups in total. The lowest BCUT2D eigenvalue weighted by atomic mass is 10.1. The number of hydrogen-bond acceptors (Lipinski definition) is 3. The van der Waals surface area contributed by atoms with Crippen molar-refractivity contribution < 1.29 is 9.59 Å². The molecular weight excluding hydrogens is 288 g/mol. The maximum absolute atomic E-state index is 11.9. The SMILES string of the molecule is CC(=O)c1cccc(NC(=O)CNc2ccccc2Cl)c1. The molecule has 0 aliphatic rings. The van der Waals surface area contributed by atoms with E-state index < -0.39 is 0 Å². The highest BCUT2D eigenvalue weighted by Gasteiger charge is 2.06. The fraction of sp³-hybridized carbons (Fsp3) is 0.125. The monoisotopic (exact) mass is 302 g/mol. The molecule has 0 unspecified atom stereocenters. The maximum Gasteiger partial charge on any atom is 0.243 e. The average Bonchev–Trinajstić information content (AvgIpc) is 2.46. The van der Waals surface area contributed by atoms with Crippen molar-refractivity contribution in [3.63, 3.8) is 0 Å². The molecule has 2 aromatic carbocycles. The van der Waals surface area contributed by atoms with Crippen LogP contribution < -0.4 is 10.6 Å². The van der Waals surface area contributed by atoms with Crippen molar-refractivity contribution in [3.05, 3.63) is 59.1 Å². The first-order valence-corrected chi connectivity index (χ1v) is 6.83. The molecule has 0 aliphatic carbocycles. The second kappa shape index (κ2) is 6.90. The van der Waals surface area contributed by atoms with Gasteiger partial charge in [0, 0.05) is 11.3 Å². The molecule has 0 heterocycles. The van der Waals surface area contributed by atoms with Gasteiger partial charge in [0.1, 0.15) is 0 Å². The Morgan fingerprint density at radius 1 is 1.10 bits per heavy atom. The molecule has 0 spiro atoms. The first kappa shape index (κ1) is 15.1. The zero-order chi connectivity index (χ0) is 15.2. The largest absolute Gasteiger partial charge is 0.375 e. The van der Waals surface area contributed by atoms with E-state index >= 15 is 0 Å². The summed E-state index contributed by atoms with van der Waals surface area (Å²) in [7, 11) is 0. The van der Waals surface area contributed by atoms with Gasteiger partial charge in [-0.05, 0) is 31.2 Å². The van der Waals surface area contributed by atoms with Crippen LogP contribution in [0.3, 0.4) is 0 Å². The molecule has 0 aliphatic heterocycles. The van der Waals surface area contributed by atoms with Crippen LogP contribution in [0.5, 0.6) is 0 Å². The molecule has 0 bridgehead atoms. The van der Waals surface area contributed by atoms with Gasteiger partial charge >= 0.3 is 0 Å². The Hall–Kier alpha value is -2.33. The first-order chi connectivity index (χ1) is 10.1. The van der Waals surface area contributed by atoms with E-state index in [-0.39, 0.29) is 18.2 Å². The lowest BCUT2D eigenvalue weighted by Crippen LogP contribution is -2.21. The lowest BCUT2D eigenvalue weighted by molar-refractivity contribution is -0.114. The van der Waals surface area contributed by atoms with Crippen LogP contribution in [-0.2, 0) is 4.79 Å². The van der Waals surface area contributed by atoms with Crippen molar-refractivity contribution in [2.24, 2.45) is 0 Å². The predicted molar refractivity (Wildman–Crippen MR) is 85.0 cm³/mol. The van der Waals surface area contributed by atoms with Crippen molar-refractivity contribution in [1.29, 1.82) is 0 Å². The van der Waals surface area contributed by atoms with Gasteiger partial charge in [-0.25, -0.2) is 0 Å². The van der Waals surface area contributed by atoms with Gasteiger partial charge in [-0.2, -0.15) is 0 Å². The van der Waals surface area contributed by atoms with Crippen LogP contribution in [0.15, 0.2) is 48.5 Å². The smallest absolute Gasteiger partial charge is 0.243 e. The molecule has 0 aromatic heterocycles. The van der Waals surface area contributed by atoms with Crippen LogP contribution in [0.2, 0.25) is 5.02 Å². The van der Waals surface area contributed by atoms with Crippen molar-refractivity contribution in [3.8, 4) is 0 Å². The summed E-state index contributed by atoms with van der Waals surface area (Å²) in [5.41, 5.74) is 1.85. The number of carbonyl (C=O) groups is 2. The molecule has 0 fully saturated rings. The molecule has 0 saturated heterocycles. The summed E-state index contributed by atoms with van der Waals surface area (Å²) in [6.07, 6.45) is 0. The van der Waals surface area contributed by atoms with E-state index in [0.29, 0.717) is 22.0 Å². The third-order valence-corrected chi connectivity index (χ3v) is 3.20. The Morgan fingerprint density at radius 3 is 2.57 bits per heavy atom. The Kier molecular flexibility index (Phi) is 4.95. The topological polar surface area (TPSA) is 58.2 Å². The lowest BCUT2D eigenvalue weighted by Gasteiger charge is -2.09. The Morgan fingerprint density at radius 2 is 1.86 bits per heavy atom. The fourth-order valence-corrected chi connectivity index (χ4v) is 2.00. The van der Waals surface area contributed by atoms with Crippen LogP contribution in [0.1, 0.15) is 17.3 Å². The van der Waals surface area contributed by atoms with Crippen molar-refractivity contribution >= 4 is 34.7 Å². The number of anilines is 2. The summed E-state index contributed by atoms with van der Waals surface area (Å²) in [6, 6.07) is 14.0. The van der Waals surface area contributed by atoms with Gasteiger partial charge in [-0.15, -0.1) is 0 Å². The number of carbonyl (C=O) groups excluding carboxylic acids is 2. The van der Waals surface area contributed by atoms with Crippen molar-refractivity contribution in [2.75, 3.05) is 17.2 Å². The molecule has 0 saturated carbocycles. The van der Waals surface area contributed by atoms with Gasteiger partial charge in [0.15, 0.2) is 5.78 Å². The number of nitrogens with one attached hydrogen (secondary N) is 2. The summed E-state index contributed by atoms with van der Waals surface area (Å²) in [5.74, 6) is -0.254. The number of benzene rings is 2. The molecule has 108 valence electrons. The summed E-state index contributed by atoms with van der Waals surface area (Å²) in [4.78, 5) is 23.2. The third-order valence-electron chi connectivity index (χ3n) is 2.87. The number of para-hydroxylation sites is 1. The van der Waals surface area contributed by atoms with Crippen molar-refractivity contribution in [1.82, 2.24) is 0 Å². The van der Waals surface area contributed by atoms with Gasteiger partial charge in [-0.1, -0.05) is 35.9 Å². The van der Waals surface area contributed by atoms with Gasteiger partial charge in [-0.3, -0.25) is 9.59 Å². The van der Waals surface area contributed by atoms with Gasteiger partial charge in [0.25, 0.3) is 0 Å². The molecular formula is C16H15ClN2O2. The minimum absolute atomic E-state index is 0.0414. The highest BCUT2D eigenvalue weighted by molar-refractivity contribution is 6.33. The summed E-state index contributed by atoms with van der Waals surface area (Å²) in [5, 5.41) is 6.25. The average molecular weight is 303 g/mol. The molecule has 21 heavy (non-hydrogen) atoms. The van der Waals surface area contributed by atoms with E-state index in [1.165, 1.54) is 6.92 Å². The third kappa shape index (κ3) is 4.33. The van der Waals surface area contributed by atoms with Gasteiger partial charge in [0.2, 0.25) is 5.91 Å². The number of halogens is 1. The van der Waals surface area contributed by atoms with E-state index in [9.17, 15) is 9.59 Å². The molecule has 2 aromatic rings. The van der Waals surface area contributed by atoms with Crippen LogP contribution >= 0.6 is 11.6 Å². The predicted octanol–water partition coefficient (Wildman–Crippen LogP) is 3.59. The zero-order valence-electron chi connectivity index (χ0n) is 11.5. The van der Waals surface area contributed by atoms with E-state index in [1.807, 2.05) is 12.1 Å². The fourth-order valence-electron chi connectivity index (χ4n) is 1.80. The van der Waals surface area contributed by atoms with Crippen LogP contribution in [0.4, 0.5) is 11.4 Å². The van der Waals surface area contributed by atoms with Crippen LogP contribution in [0, 0.1) is 0 Å². The highest BCUT2D eigenvalue weighted by atomic mass is 35.5. The second-order valence-electron chi connectivity index (χ2n) is 4.52. The van der Waals surface area contributed by atoms with Gasteiger partial charge in [0.05, 0.1) is 17.3 Å². The maximum atomic E-state index is 11.9. The Bertz CT molecular complexity index is 671. The summed E-state index contributed by atoms with van der Waals surface area (Å²) in [6.45, 7) is 1.58. The van der Waals surface area contributed by atoms with Crippen LogP contribution in [-0.4, -0.2) is 18.2 Å². The summed E-state index contributed by atoms with van der Waals surface area (Å²) >= 11 is 5.99. The molecule has 4 nitrogen and oxygen atoms in total. The molecule has 0 radical (unpaired) electrons. The quantitative estimate of drug-likeness (QED) is 0.830. The van der Waals surface area contributed by atoms with E-state index in [0.717, 1.165) is 0 Å². The molecule has 1 amide bonds. The molecule has 5 heteroatoms. The number of Topliss-reactive ketones (excluding diaryl/α,β-unsaturated/α-hetero) is 1. The van der Waals surface area contributed by atoms with E-state index in [1.54, 1.807) is 36.4 Å². The minimum Gasteiger partial charge on any atom is -0.375 e.